The SMILES string of the molecule is O=C(NCCOCC1CC1)c1cccc(Br)c1Cl. The molecule has 1 N–H and O–H groups in total. The van der Waals surface area contributed by atoms with Crippen molar-refractivity contribution in [3.63, 3.8) is 0 Å². The summed E-state index contributed by atoms with van der Waals surface area (Å²) in [5.41, 5.74) is 0.480. The maximum atomic E-state index is 11.9. The number of benzene rings is 1. The van der Waals surface area contributed by atoms with Gasteiger partial charge in [-0.1, -0.05) is 17.7 Å². The van der Waals surface area contributed by atoms with E-state index in [2.05, 4.69) is 21.2 Å². The van der Waals surface area contributed by atoms with Gasteiger partial charge in [-0.2, -0.15) is 0 Å². The molecular weight excluding hydrogens is 318 g/mol. The summed E-state index contributed by atoms with van der Waals surface area (Å²) in [6.07, 6.45) is 2.56. The van der Waals surface area contributed by atoms with Crippen LogP contribution < -0.4 is 5.32 Å². The maximum absolute atomic E-state index is 11.9. The molecular formula is C13H15BrClNO2. The van der Waals surface area contributed by atoms with Crippen LogP contribution in [0.5, 0.6) is 0 Å². The van der Waals surface area contributed by atoms with Gasteiger partial charge in [0.2, 0.25) is 0 Å². The van der Waals surface area contributed by atoms with Crippen LogP contribution in [-0.2, 0) is 4.74 Å². The summed E-state index contributed by atoms with van der Waals surface area (Å²) in [7, 11) is 0. The first kappa shape index (κ1) is 13.8. The van der Waals surface area contributed by atoms with Crippen LogP contribution in [0.3, 0.4) is 0 Å². The Hall–Kier alpha value is -0.580. The maximum Gasteiger partial charge on any atom is 0.252 e. The fourth-order valence-corrected chi connectivity index (χ4v) is 2.12. The van der Waals surface area contributed by atoms with Gasteiger partial charge in [-0.3, -0.25) is 4.79 Å². The highest BCUT2D eigenvalue weighted by Gasteiger charge is 2.20. The Morgan fingerprint density at radius 2 is 2.28 bits per heavy atom. The second-order valence-electron chi connectivity index (χ2n) is 4.38. The number of nitrogens with one attached hydrogen (secondary N) is 1. The summed E-state index contributed by atoms with van der Waals surface area (Å²) in [6.45, 7) is 1.87. The zero-order valence-electron chi connectivity index (χ0n) is 9.92. The van der Waals surface area contributed by atoms with Crippen LogP contribution in [0.15, 0.2) is 22.7 Å². The summed E-state index contributed by atoms with van der Waals surface area (Å²) in [5.74, 6) is 0.580. The number of ether oxygens (including phenoxy) is 1. The molecule has 0 aromatic heterocycles. The topological polar surface area (TPSA) is 38.3 Å². The number of carbonyl (C=O) groups is 1. The quantitative estimate of drug-likeness (QED) is 0.812. The lowest BCUT2D eigenvalue weighted by molar-refractivity contribution is 0.0906. The van der Waals surface area contributed by atoms with Crippen molar-refractivity contribution in [3.05, 3.63) is 33.3 Å². The summed E-state index contributed by atoms with van der Waals surface area (Å²) in [4.78, 5) is 11.9. The van der Waals surface area contributed by atoms with E-state index in [1.807, 2.05) is 0 Å². The molecule has 1 saturated carbocycles. The van der Waals surface area contributed by atoms with Crippen LogP contribution in [0.25, 0.3) is 0 Å². The summed E-state index contributed by atoms with van der Waals surface area (Å²) in [6, 6.07) is 5.29. The number of hydrogen-bond acceptors (Lipinski definition) is 2. The number of amides is 1. The minimum Gasteiger partial charge on any atom is -0.379 e. The first-order valence-electron chi connectivity index (χ1n) is 5.98. The monoisotopic (exact) mass is 331 g/mol. The molecule has 0 aliphatic heterocycles. The van der Waals surface area contributed by atoms with Crippen LogP contribution in [0.1, 0.15) is 23.2 Å². The second kappa shape index (κ2) is 6.55. The van der Waals surface area contributed by atoms with Crippen molar-refractivity contribution in [2.24, 2.45) is 5.92 Å². The lowest BCUT2D eigenvalue weighted by Crippen LogP contribution is -2.27. The zero-order chi connectivity index (χ0) is 13.0. The highest BCUT2D eigenvalue weighted by Crippen LogP contribution is 2.28. The largest absolute Gasteiger partial charge is 0.379 e. The van der Waals surface area contributed by atoms with Gasteiger partial charge < -0.3 is 10.1 Å². The Morgan fingerprint density at radius 3 is 3.00 bits per heavy atom. The summed E-state index contributed by atoms with van der Waals surface area (Å²) < 4.78 is 6.16. The van der Waals surface area contributed by atoms with Gasteiger partial charge in [0.05, 0.1) is 17.2 Å². The lowest BCUT2D eigenvalue weighted by Gasteiger charge is -2.08. The molecule has 1 aromatic rings. The van der Waals surface area contributed by atoms with E-state index in [0.717, 1.165) is 17.0 Å². The minimum atomic E-state index is -0.170. The zero-order valence-corrected chi connectivity index (χ0v) is 12.3. The van der Waals surface area contributed by atoms with Crippen molar-refractivity contribution in [3.8, 4) is 0 Å². The number of carbonyl (C=O) groups excluding carboxylic acids is 1. The Labute approximate surface area is 120 Å². The minimum absolute atomic E-state index is 0.170. The van der Waals surface area contributed by atoms with Crippen molar-refractivity contribution >= 4 is 33.4 Å². The standard InChI is InChI=1S/C13H15BrClNO2/c14-11-3-1-2-10(12(11)15)13(17)16-6-7-18-8-9-4-5-9/h1-3,9H,4-8H2,(H,16,17). The number of rotatable bonds is 6. The molecule has 98 valence electrons. The molecule has 0 spiro atoms. The first-order chi connectivity index (χ1) is 8.68. The molecule has 1 aliphatic rings. The van der Waals surface area contributed by atoms with Crippen LogP contribution in [0.4, 0.5) is 0 Å². The molecule has 5 heteroatoms. The van der Waals surface area contributed by atoms with E-state index in [0.29, 0.717) is 23.7 Å². The van der Waals surface area contributed by atoms with Gasteiger partial charge in [0, 0.05) is 17.6 Å². The molecule has 1 amide bonds. The molecule has 0 heterocycles. The van der Waals surface area contributed by atoms with Crippen molar-refractivity contribution in [1.29, 1.82) is 0 Å². The molecule has 18 heavy (non-hydrogen) atoms. The third kappa shape index (κ3) is 3.97. The highest BCUT2D eigenvalue weighted by atomic mass is 79.9. The van der Waals surface area contributed by atoms with Gasteiger partial charge >= 0.3 is 0 Å². The molecule has 3 nitrogen and oxygen atoms in total. The Bertz CT molecular complexity index is 435. The van der Waals surface area contributed by atoms with E-state index in [1.54, 1.807) is 18.2 Å². The predicted molar refractivity (Wildman–Crippen MR) is 75.0 cm³/mol. The van der Waals surface area contributed by atoms with E-state index in [1.165, 1.54) is 12.8 Å². The van der Waals surface area contributed by atoms with Gasteiger partial charge in [-0.15, -0.1) is 0 Å². The smallest absolute Gasteiger partial charge is 0.252 e. The molecule has 0 bridgehead atoms. The average molecular weight is 333 g/mol. The van der Waals surface area contributed by atoms with Crippen molar-refractivity contribution in [2.45, 2.75) is 12.8 Å². The lowest BCUT2D eigenvalue weighted by atomic mass is 10.2. The van der Waals surface area contributed by atoms with E-state index < -0.39 is 0 Å². The molecule has 1 aromatic carbocycles. The Balaban J connectivity index is 1.74. The van der Waals surface area contributed by atoms with Gasteiger partial charge in [-0.05, 0) is 46.8 Å². The molecule has 2 rings (SSSR count). The van der Waals surface area contributed by atoms with Crippen LogP contribution in [0.2, 0.25) is 5.02 Å². The molecule has 1 fully saturated rings. The normalized spacial score (nSPS) is 14.6. The molecule has 1 aliphatic carbocycles. The molecule has 0 atom stereocenters. The van der Waals surface area contributed by atoms with E-state index in [-0.39, 0.29) is 5.91 Å². The Kier molecular flexibility index (Phi) is 5.03. The van der Waals surface area contributed by atoms with Crippen molar-refractivity contribution < 1.29 is 9.53 Å². The van der Waals surface area contributed by atoms with Crippen molar-refractivity contribution in [1.82, 2.24) is 5.32 Å². The van der Waals surface area contributed by atoms with Crippen LogP contribution >= 0.6 is 27.5 Å². The molecule has 0 radical (unpaired) electrons. The number of halogens is 2. The fraction of sp³-hybridized carbons (Fsp3) is 0.462. The summed E-state index contributed by atoms with van der Waals surface area (Å²) in [5, 5.41) is 3.23. The van der Waals surface area contributed by atoms with E-state index in [9.17, 15) is 4.79 Å². The van der Waals surface area contributed by atoms with E-state index in [4.69, 9.17) is 16.3 Å². The molecule has 0 saturated heterocycles. The van der Waals surface area contributed by atoms with Crippen LogP contribution in [-0.4, -0.2) is 25.7 Å². The average Bonchev–Trinajstić information content (AvgIpc) is 3.16. The first-order valence-corrected chi connectivity index (χ1v) is 7.15. The van der Waals surface area contributed by atoms with Gasteiger partial charge in [0.25, 0.3) is 5.91 Å². The third-order valence-corrected chi connectivity index (χ3v) is 4.07. The van der Waals surface area contributed by atoms with Gasteiger partial charge in [0.15, 0.2) is 0 Å². The Morgan fingerprint density at radius 1 is 1.50 bits per heavy atom. The summed E-state index contributed by atoms with van der Waals surface area (Å²) >= 11 is 9.33. The fourth-order valence-electron chi connectivity index (χ4n) is 1.55. The predicted octanol–water partition coefficient (Wildman–Crippen LogP) is 3.26. The van der Waals surface area contributed by atoms with Gasteiger partial charge in [0.1, 0.15) is 0 Å². The molecule has 0 unspecified atom stereocenters. The van der Waals surface area contributed by atoms with Crippen molar-refractivity contribution in [2.75, 3.05) is 19.8 Å². The number of hydrogen-bond donors (Lipinski definition) is 1. The third-order valence-electron chi connectivity index (χ3n) is 2.78. The van der Waals surface area contributed by atoms with E-state index >= 15 is 0 Å². The van der Waals surface area contributed by atoms with Crippen LogP contribution in [0, 0.1) is 5.92 Å². The van der Waals surface area contributed by atoms with Gasteiger partial charge in [-0.25, -0.2) is 0 Å². The second-order valence-corrected chi connectivity index (χ2v) is 5.61. The highest BCUT2D eigenvalue weighted by molar-refractivity contribution is 9.10.